The summed E-state index contributed by atoms with van der Waals surface area (Å²) < 4.78 is 16.7. The van der Waals surface area contributed by atoms with Crippen molar-refractivity contribution in [2.75, 3.05) is 24.7 Å². The zero-order valence-electron chi connectivity index (χ0n) is 23.1. The number of thioether (sulfide) groups is 1. The molecule has 1 saturated heterocycles. The van der Waals surface area contributed by atoms with Crippen LogP contribution in [0.4, 0.5) is 5.69 Å². The first kappa shape index (κ1) is 27.3. The summed E-state index contributed by atoms with van der Waals surface area (Å²) >= 11 is 2.87. The maximum absolute atomic E-state index is 13.9. The molecule has 3 heterocycles. The fourth-order valence-corrected chi connectivity index (χ4v) is 10.6. The third kappa shape index (κ3) is 4.19. The van der Waals surface area contributed by atoms with Crippen molar-refractivity contribution in [1.82, 2.24) is 4.98 Å². The summed E-state index contributed by atoms with van der Waals surface area (Å²) in [5, 5.41) is 0.930. The number of imide groups is 1. The van der Waals surface area contributed by atoms with E-state index in [9.17, 15) is 19.2 Å². The number of hydrogen-bond donors (Lipinski definition) is 1. The lowest BCUT2D eigenvalue weighted by atomic mass is 9.68. The van der Waals surface area contributed by atoms with Gasteiger partial charge in [-0.2, -0.15) is 0 Å². The van der Waals surface area contributed by atoms with Gasteiger partial charge in [-0.25, -0.2) is 4.79 Å². The second kappa shape index (κ2) is 10.6. The number of ether oxygens (including phenoxy) is 3. The van der Waals surface area contributed by atoms with Crippen LogP contribution in [0, 0.1) is 29.6 Å². The molecular formula is C31H30N2O7S2. The minimum Gasteiger partial charge on any atom is -0.490 e. The Morgan fingerprint density at radius 3 is 2.45 bits per heavy atom. The van der Waals surface area contributed by atoms with Crippen molar-refractivity contribution in [3.05, 3.63) is 68.6 Å². The van der Waals surface area contributed by atoms with Crippen molar-refractivity contribution in [1.29, 1.82) is 0 Å². The topological polar surface area (TPSA) is 115 Å². The highest BCUT2D eigenvalue weighted by Gasteiger charge is 2.69. The van der Waals surface area contributed by atoms with Crippen molar-refractivity contribution >= 4 is 46.6 Å². The number of hydrogen-bond acceptors (Lipinski definition) is 9. The fraction of sp³-hybridized carbons (Fsp3) is 0.419. The number of carbonyl (C=O) groups is 3. The van der Waals surface area contributed by atoms with E-state index >= 15 is 0 Å². The lowest BCUT2D eigenvalue weighted by Crippen LogP contribution is -2.42. The van der Waals surface area contributed by atoms with E-state index in [1.807, 2.05) is 49.4 Å². The molecule has 11 heteroatoms. The van der Waals surface area contributed by atoms with E-state index in [1.165, 1.54) is 16.2 Å². The number of fused-ring (bicyclic) bond motifs is 9. The highest BCUT2D eigenvalue weighted by molar-refractivity contribution is 8.00. The number of anilines is 1. The van der Waals surface area contributed by atoms with Gasteiger partial charge in [0.15, 0.2) is 18.1 Å². The van der Waals surface area contributed by atoms with E-state index in [4.69, 9.17) is 14.2 Å². The van der Waals surface area contributed by atoms with Gasteiger partial charge in [-0.05, 0) is 67.9 Å². The number of H-pyrrole nitrogens is 1. The van der Waals surface area contributed by atoms with Gasteiger partial charge in [-0.1, -0.05) is 35.6 Å². The van der Waals surface area contributed by atoms with Gasteiger partial charge in [0.05, 0.1) is 35.8 Å². The van der Waals surface area contributed by atoms with E-state index in [0.717, 1.165) is 21.9 Å². The number of benzene rings is 2. The Morgan fingerprint density at radius 1 is 0.952 bits per heavy atom. The number of aromatic amines is 1. The molecule has 218 valence electrons. The van der Waals surface area contributed by atoms with E-state index in [-0.39, 0.29) is 70.7 Å². The maximum atomic E-state index is 13.9. The zero-order chi connectivity index (χ0) is 29.1. The number of para-hydroxylation sites is 1. The number of rotatable bonds is 8. The van der Waals surface area contributed by atoms with Crippen LogP contribution in [-0.4, -0.2) is 47.8 Å². The first-order chi connectivity index (χ1) is 20.4. The minimum atomic E-state index is -0.463. The Bertz CT molecular complexity index is 1620. The Hall–Kier alpha value is -3.57. The molecule has 3 aromatic rings. The van der Waals surface area contributed by atoms with Crippen molar-refractivity contribution in [2.45, 2.75) is 36.5 Å². The van der Waals surface area contributed by atoms with E-state index in [0.29, 0.717) is 23.8 Å². The molecule has 0 spiro atoms. The number of thiazole rings is 1. The standard InChI is InChI=1S/C31H30N2O7S2/c1-3-38-20-12-15(10-11-19(20)40-14-21(34)39-4-2)22-23-17-13-18(26(23)41-28-27(22)42-31(37)32-28)25-24(17)29(35)33(30(25)36)16-8-6-5-7-9-16/h5-12,17-18,22-26H,3-4,13-14H2,1-2H3,(H,32,37)/t17?,18?,22-,23?,24?,25?,26?/m1/s1. The van der Waals surface area contributed by atoms with Crippen molar-refractivity contribution in [3.63, 3.8) is 0 Å². The van der Waals surface area contributed by atoms with Gasteiger partial charge in [-0.3, -0.25) is 19.3 Å². The Kier molecular flexibility index (Phi) is 6.89. The van der Waals surface area contributed by atoms with Crippen LogP contribution in [-0.2, 0) is 19.1 Å². The van der Waals surface area contributed by atoms with Crippen molar-refractivity contribution in [3.8, 4) is 11.5 Å². The molecule has 7 atom stereocenters. The van der Waals surface area contributed by atoms with Crippen molar-refractivity contribution < 1.29 is 28.6 Å². The van der Waals surface area contributed by atoms with Gasteiger partial charge < -0.3 is 19.2 Å². The minimum absolute atomic E-state index is 0.00768. The molecule has 2 aliphatic heterocycles. The number of nitrogens with zero attached hydrogens (tertiary/aromatic N) is 1. The van der Waals surface area contributed by atoms with Gasteiger partial charge in [-0.15, -0.1) is 11.8 Å². The smallest absolute Gasteiger partial charge is 0.344 e. The van der Waals surface area contributed by atoms with Crippen LogP contribution in [0.3, 0.4) is 0 Å². The summed E-state index contributed by atoms with van der Waals surface area (Å²) in [6.45, 7) is 4.05. The predicted molar refractivity (Wildman–Crippen MR) is 157 cm³/mol. The third-order valence-corrected chi connectivity index (χ3v) is 11.6. The van der Waals surface area contributed by atoms with Gasteiger partial charge in [0, 0.05) is 16.0 Å². The molecule has 6 unspecified atom stereocenters. The van der Waals surface area contributed by atoms with Gasteiger partial charge >= 0.3 is 10.8 Å². The molecule has 1 N–H and O–H groups in total. The quantitative estimate of drug-likeness (QED) is 0.296. The second-order valence-corrected chi connectivity index (χ2v) is 13.2. The van der Waals surface area contributed by atoms with Crippen LogP contribution in [0.5, 0.6) is 11.5 Å². The summed E-state index contributed by atoms with van der Waals surface area (Å²) in [6.07, 6.45) is 0.812. The second-order valence-electron chi connectivity index (χ2n) is 11.0. The monoisotopic (exact) mass is 606 g/mol. The molecule has 4 aliphatic rings. The number of aromatic nitrogens is 1. The first-order valence-corrected chi connectivity index (χ1v) is 16.0. The first-order valence-electron chi connectivity index (χ1n) is 14.3. The molecule has 1 aromatic heterocycles. The third-order valence-electron chi connectivity index (χ3n) is 9.02. The van der Waals surface area contributed by atoms with Crippen LogP contribution in [0.25, 0.3) is 0 Å². The molecule has 2 amide bonds. The molecule has 2 saturated carbocycles. The van der Waals surface area contributed by atoms with E-state index in [1.54, 1.807) is 24.8 Å². The molecule has 0 radical (unpaired) electrons. The summed E-state index contributed by atoms with van der Waals surface area (Å²) in [6, 6.07) is 14.9. The molecule has 2 bridgehead atoms. The van der Waals surface area contributed by atoms with Crippen LogP contribution >= 0.6 is 23.1 Å². The molecule has 2 aliphatic carbocycles. The van der Waals surface area contributed by atoms with Crippen LogP contribution in [0.15, 0.2) is 58.4 Å². The highest BCUT2D eigenvalue weighted by atomic mass is 32.2. The molecule has 2 aromatic carbocycles. The maximum Gasteiger partial charge on any atom is 0.344 e. The Labute approximate surface area is 250 Å². The zero-order valence-corrected chi connectivity index (χ0v) is 24.7. The Morgan fingerprint density at radius 2 is 1.71 bits per heavy atom. The number of carbonyl (C=O) groups excluding carboxylic acids is 3. The lowest BCUT2D eigenvalue weighted by Gasteiger charge is -2.43. The number of nitrogens with one attached hydrogen (secondary N) is 1. The predicted octanol–water partition coefficient (Wildman–Crippen LogP) is 4.45. The number of esters is 1. The molecule has 3 fully saturated rings. The average molecular weight is 607 g/mol. The molecule has 9 nitrogen and oxygen atoms in total. The van der Waals surface area contributed by atoms with Crippen LogP contribution < -0.4 is 19.2 Å². The van der Waals surface area contributed by atoms with Gasteiger partial charge in [0.1, 0.15) is 0 Å². The molecule has 42 heavy (non-hydrogen) atoms. The van der Waals surface area contributed by atoms with E-state index in [2.05, 4.69) is 4.98 Å². The lowest BCUT2D eigenvalue weighted by molar-refractivity contribution is -0.145. The van der Waals surface area contributed by atoms with Gasteiger partial charge in [0.2, 0.25) is 11.8 Å². The molecule has 7 rings (SSSR count). The molecular weight excluding hydrogens is 576 g/mol. The summed E-state index contributed by atoms with van der Waals surface area (Å²) in [7, 11) is 0. The fourth-order valence-electron chi connectivity index (χ4n) is 7.67. The number of amides is 2. The summed E-state index contributed by atoms with van der Waals surface area (Å²) in [5.74, 6) is -0.512. The highest BCUT2D eigenvalue weighted by Crippen LogP contribution is 2.68. The van der Waals surface area contributed by atoms with Crippen molar-refractivity contribution in [2.24, 2.45) is 29.6 Å². The van der Waals surface area contributed by atoms with Crippen LogP contribution in [0.1, 0.15) is 36.6 Å². The SMILES string of the molecule is CCOC(=O)COc1ccc([C@H]2c3sc(=O)[nH]c3SC3C4CC(C5C(=O)N(c6ccccc6)C(=O)C45)C32)cc1OCC. The summed E-state index contributed by atoms with van der Waals surface area (Å²) in [5.41, 5.74) is 1.58. The van der Waals surface area contributed by atoms with E-state index < -0.39 is 5.97 Å². The normalized spacial score (nSPS) is 28.8. The average Bonchev–Trinajstić information content (AvgIpc) is 3.72. The Balaban J connectivity index is 1.26. The largest absolute Gasteiger partial charge is 0.490 e. The van der Waals surface area contributed by atoms with Gasteiger partial charge in [0.25, 0.3) is 0 Å². The summed E-state index contributed by atoms with van der Waals surface area (Å²) in [4.78, 5) is 57.4. The van der Waals surface area contributed by atoms with Crippen LogP contribution in [0.2, 0.25) is 0 Å².